The molecule has 4 rings (SSSR count). The van der Waals surface area contributed by atoms with Crippen LogP contribution in [0.25, 0.3) is 0 Å². The van der Waals surface area contributed by atoms with E-state index in [4.69, 9.17) is 0 Å². The molecule has 132 valence electrons. The predicted octanol–water partition coefficient (Wildman–Crippen LogP) is 3.93. The lowest BCUT2D eigenvalue weighted by atomic mass is 9.68. The SMILES string of the molecule is O=C1Nc2ccccc2C(=O)C1(Cc1ccccc1)C(=O)c1ccccc1. The first-order valence-electron chi connectivity index (χ1n) is 8.72. The largest absolute Gasteiger partial charge is 0.324 e. The van der Waals surface area contributed by atoms with Crippen LogP contribution in [0.5, 0.6) is 0 Å². The number of ketones is 2. The molecule has 1 heterocycles. The van der Waals surface area contributed by atoms with Crippen molar-refractivity contribution in [3.8, 4) is 0 Å². The molecule has 4 heteroatoms. The van der Waals surface area contributed by atoms with Crippen molar-refractivity contribution in [3.05, 3.63) is 102 Å². The van der Waals surface area contributed by atoms with E-state index in [0.29, 0.717) is 16.8 Å². The van der Waals surface area contributed by atoms with Crippen LogP contribution in [-0.4, -0.2) is 17.5 Å². The third-order valence-electron chi connectivity index (χ3n) is 4.93. The average molecular weight is 355 g/mol. The second kappa shape index (κ2) is 6.65. The van der Waals surface area contributed by atoms with Crippen molar-refractivity contribution in [2.24, 2.45) is 5.41 Å². The Bertz CT molecular complexity index is 1030. The van der Waals surface area contributed by atoms with E-state index in [2.05, 4.69) is 5.32 Å². The summed E-state index contributed by atoms with van der Waals surface area (Å²) >= 11 is 0. The lowest BCUT2D eigenvalue weighted by molar-refractivity contribution is -0.121. The molecule has 1 aliphatic heterocycles. The normalized spacial score (nSPS) is 18.5. The Kier molecular flexibility index (Phi) is 4.16. The molecule has 0 fully saturated rings. The van der Waals surface area contributed by atoms with Crippen LogP contribution >= 0.6 is 0 Å². The summed E-state index contributed by atoms with van der Waals surface area (Å²) in [5, 5.41) is 2.77. The van der Waals surface area contributed by atoms with Crippen LogP contribution in [0.15, 0.2) is 84.9 Å². The van der Waals surface area contributed by atoms with Crippen molar-refractivity contribution in [1.82, 2.24) is 0 Å². The molecule has 1 aliphatic rings. The number of carbonyl (C=O) groups excluding carboxylic acids is 3. The summed E-state index contributed by atoms with van der Waals surface area (Å²) < 4.78 is 0. The highest BCUT2D eigenvalue weighted by molar-refractivity contribution is 6.37. The fourth-order valence-corrected chi connectivity index (χ4v) is 3.54. The number of carbonyl (C=O) groups is 3. The highest BCUT2D eigenvalue weighted by atomic mass is 16.2. The van der Waals surface area contributed by atoms with Crippen LogP contribution < -0.4 is 5.32 Å². The first-order chi connectivity index (χ1) is 13.1. The zero-order chi connectivity index (χ0) is 18.9. The Morgan fingerprint density at radius 3 is 2.07 bits per heavy atom. The van der Waals surface area contributed by atoms with Gasteiger partial charge in [0.25, 0.3) is 0 Å². The third-order valence-corrected chi connectivity index (χ3v) is 4.93. The van der Waals surface area contributed by atoms with Crippen LogP contribution in [0.1, 0.15) is 26.3 Å². The van der Waals surface area contributed by atoms with Gasteiger partial charge in [0.05, 0.1) is 5.69 Å². The molecule has 0 radical (unpaired) electrons. The molecule has 1 amide bonds. The number of hydrogen-bond acceptors (Lipinski definition) is 3. The van der Waals surface area contributed by atoms with E-state index < -0.39 is 22.9 Å². The maximum Gasteiger partial charge on any atom is 0.246 e. The Morgan fingerprint density at radius 1 is 0.778 bits per heavy atom. The molecule has 3 aromatic carbocycles. The number of benzene rings is 3. The monoisotopic (exact) mass is 355 g/mol. The molecule has 0 spiro atoms. The van der Waals surface area contributed by atoms with Crippen molar-refractivity contribution < 1.29 is 14.4 Å². The smallest absolute Gasteiger partial charge is 0.246 e. The maximum atomic E-state index is 13.5. The van der Waals surface area contributed by atoms with Gasteiger partial charge in [-0.1, -0.05) is 72.8 Å². The Hall–Kier alpha value is -3.53. The van der Waals surface area contributed by atoms with Crippen molar-refractivity contribution in [3.63, 3.8) is 0 Å². The van der Waals surface area contributed by atoms with Gasteiger partial charge < -0.3 is 5.32 Å². The van der Waals surface area contributed by atoms with Gasteiger partial charge in [-0.25, -0.2) is 0 Å². The molecular formula is C23H17NO3. The van der Waals surface area contributed by atoms with Crippen LogP contribution in [0, 0.1) is 5.41 Å². The van der Waals surface area contributed by atoms with Gasteiger partial charge in [0.15, 0.2) is 17.0 Å². The van der Waals surface area contributed by atoms with Gasteiger partial charge in [-0.15, -0.1) is 0 Å². The lowest BCUT2D eigenvalue weighted by Gasteiger charge is -2.34. The van der Waals surface area contributed by atoms with E-state index in [1.807, 2.05) is 30.3 Å². The van der Waals surface area contributed by atoms with Gasteiger partial charge in [-0.2, -0.15) is 0 Å². The molecule has 27 heavy (non-hydrogen) atoms. The number of amides is 1. The Labute approximate surface area is 156 Å². The predicted molar refractivity (Wildman–Crippen MR) is 103 cm³/mol. The van der Waals surface area contributed by atoms with Crippen LogP contribution in [0.3, 0.4) is 0 Å². The Morgan fingerprint density at radius 2 is 1.37 bits per heavy atom. The summed E-state index contributed by atoms with van der Waals surface area (Å²) in [5.41, 5.74) is 0.0761. The number of anilines is 1. The second-order valence-corrected chi connectivity index (χ2v) is 6.59. The van der Waals surface area contributed by atoms with Gasteiger partial charge in [0.1, 0.15) is 0 Å². The minimum absolute atomic E-state index is 0.0145. The zero-order valence-electron chi connectivity index (χ0n) is 14.5. The number of hydrogen-bond donors (Lipinski definition) is 1. The zero-order valence-corrected chi connectivity index (χ0v) is 14.5. The highest BCUT2D eigenvalue weighted by Gasteiger charge is 2.55. The summed E-state index contributed by atoms with van der Waals surface area (Å²) in [6.45, 7) is 0. The van der Waals surface area contributed by atoms with Crippen molar-refractivity contribution in [1.29, 1.82) is 0 Å². The van der Waals surface area contributed by atoms with Crippen molar-refractivity contribution >= 4 is 23.2 Å². The van der Waals surface area contributed by atoms with Gasteiger partial charge in [0, 0.05) is 17.5 Å². The van der Waals surface area contributed by atoms with E-state index in [0.717, 1.165) is 5.56 Å². The van der Waals surface area contributed by atoms with E-state index in [1.54, 1.807) is 54.6 Å². The summed E-state index contributed by atoms with van der Waals surface area (Å²) in [5.74, 6) is -1.52. The summed E-state index contributed by atoms with van der Waals surface area (Å²) in [4.78, 5) is 40.1. The Balaban J connectivity index is 1.90. The first-order valence-corrected chi connectivity index (χ1v) is 8.72. The lowest BCUT2D eigenvalue weighted by Crippen LogP contribution is -2.53. The summed E-state index contributed by atoms with van der Waals surface area (Å²) in [6.07, 6.45) is 0.0145. The second-order valence-electron chi connectivity index (χ2n) is 6.59. The van der Waals surface area contributed by atoms with Gasteiger partial charge in [-0.05, 0) is 17.7 Å². The molecule has 3 aromatic rings. The van der Waals surface area contributed by atoms with Crippen LogP contribution in [-0.2, 0) is 11.2 Å². The van der Waals surface area contributed by atoms with E-state index >= 15 is 0 Å². The number of fused-ring (bicyclic) bond motifs is 1. The van der Waals surface area contributed by atoms with E-state index in [1.165, 1.54) is 0 Å². The third kappa shape index (κ3) is 2.75. The van der Waals surface area contributed by atoms with E-state index in [9.17, 15) is 14.4 Å². The van der Waals surface area contributed by atoms with Crippen LogP contribution in [0.2, 0.25) is 0 Å². The highest BCUT2D eigenvalue weighted by Crippen LogP contribution is 2.39. The molecule has 0 bridgehead atoms. The average Bonchev–Trinajstić information content (AvgIpc) is 2.72. The molecule has 0 saturated heterocycles. The van der Waals surface area contributed by atoms with E-state index in [-0.39, 0.29) is 6.42 Å². The first kappa shape index (κ1) is 16.9. The molecule has 0 aliphatic carbocycles. The molecule has 0 aromatic heterocycles. The summed E-state index contributed by atoms with van der Waals surface area (Å²) in [6, 6.07) is 24.5. The summed E-state index contributed by atoms with van der Waals surface area (Å²) in [7, 11) is 0. The van der Waals surface area contributed by atoms with Crippen LogP contribution in [0.4, 0.5) is 5.69 Å². The van der Waals surface area contributed by atoms with Crippen molar-refractivity contribution in [2.45, 2.75) is 6.42 Å². The molecular weight excluding hydrogens is 338 g/mol. The standard InChI is InChI=1S/C23H17NO3/c25-20(17-11-5-2-6-12-17)23(15-16-9-3-1-4-10-16)21(26)18-13-7-8-14-19(18)24-22(23)27/h1-14H,15H2,(H,24,27). The molecule has 4 nitrogen and oxygen atoms in total. The fourth-order valence-electron chi connectivity index (χ4n) is 3.54. The number of nitrogens with one attached hydrogen (secondary N) is 1. The minimum Gasteiger partial charge on any atom is -0.324 e. The number of Topliss-reactive ketones (excluding diaryl/α,β-unsaturated/α-hetero) is 2. The van der Waals surface area contributed by atoms with Gasteiger partial charge in [-0.3, -0.25) is 14.4 Å². The topological polar surface area (TPSA) is 63.2 Å². The fraction of sp³-hybridized carbons (Fsp3) is 0.0870. The number of rotatable bonds is 4. The molecule has 0 saturated carbocycles. The minimum atomic E-state index is -1.82. The quantitative estimate of drug-likeness (QED) is 0.570. The van der Waals surface area contributed by atoms with Gasteiger partial charge >= 0.3 is 0 Å². The molecule has 1 atom stereocenters. The molecule has 1 N–H and O–H groups in total. The number of para-hydroxylation sites is 1. The van der Waals surface area contributed by atoms with Gasteiger partial charge in [0.2, 0.25) is 5.91 Å². The molecule has 1 unspecified atom stereocenters. The van der Waals surface area contributed by atoms with Crippen molar-refractivity contribution in [2.75, 3.05) is 5.32 Å². The maximum absolute atomic E-state index is 13.5.